The lowest BCUT2D eigenvalue weighted by Crippen LogP contribution is -2.47. The highest BCUT2D eigenvalue weighted by Gasteiger charge is 2.34. The van der Waals surface area contributed by atoms with Crippen molar-refractivity contribution in [2.45, 2.75) is 65.2 Å². The maximum atomic E-state index is 11.5. The van der Waals surface area contributed by atoms with Gasteiger partial charge >= 0.3 is 0 Å². The van der Waals surface area contributed by atoms with Gasteiger partial charge in [-0.3, -0.25) is 4.79 Å². The molecule has 1 rings (SSSR count). The van der Waals surface area contributed by atoms with Gasteiger partial charge in [-0.05, 0) is 18.8 Å². The molecule has 3 heteroatoms. The smallest absolute Gasteiger partial charge is 0.222 e. The van der Waals surface area contributed by atoms with Crippen LogP contribution in [0.2, 0.25) is 5.82 Å². The number of likely N-dealkylation sites (tertiary alicyclic amines) is 1. The van der Waals surface area contributed by atoms with Crippen LogP contribution in [0.5, 0.6) is 0 Å². The maximum Gasteiger partial charge on any atom is 0.222 e. The number of nitrogens with zero attached hydrogens (tertiary/aromatic N) is 1. The molecule has 1 heterocycles. The molecule has 0 N–H and O–H groups in total. The highest BCUT2D eigenvalue weighted by molar-refractivity contribution is 6.11. The van der Waals surface area contributed by atoms with Crippen molar-refractivity contribution in [1.82, 2.24) is 4.90 Å². The van der Waals surface area contributed by atoms with Crippen LogP contribution in [0.25, 0.3) is 0 Å². The topological polar surface area (TPSA) is 20.3 Å². The molecular formula is C13H26BNO. The summed E-state index contributed by atoms with van der Waals surface area (Å²) < 4.78 is 0. The van der Waals surface area contributed by atoms with E-state index in [0.29, 0.717) is 18.4 Å². The summed E-state index contributed by atoms with van der Waals surface area (Å²) in [6, 6.07) is 0.353. The first-order valence-corrected chi connectivity index (χ1v) is 6.63. The molecule has 0 aromatic rings. The van der Waals surface area contributed by atoms with E-state index < -0.39 is 0 Å². The number of hydrogen-bond acceptors (Lipinski definition) is 1. The minimum absolute atomic E-state index is 0.246. The number of carbonyl (C=O) groups excluding carboxylic acids is 1. The van der Waals surface area contributed by atoms with Gasteiger partial charge in [0.1, 0.15) is 0 Å². The Balaban J connectivity index is 0.00000106. The highest BCUT2D eigenvalue weighted by atomic mass is 16.2. The molecule has 0 aromatic heterocycles. The molecule has 0 aromatic carbocycles. The van der Waals surface area contributed by atoms with Gasteiger partial charge in [0.2, 0.25) is 5.91 Å². The molecule has 2 nitrogen and oxygen atoms in total. The number of hydrogen-bond donors (Lipinski definition) is 0. The zero-order chi connectivity index (χ0) is 12.7. The van der Waals surface area contributed by atoms with Gasteiger partial charge in [0.15, 0.2) is 0 Å². The molecule has 3 unspecified atom stereocenters. The predicted molar refractivity (Wildman–Crippen MR) is 70.7 cm³/mol. The van der Waals surface area contributed by atoms with E-state index >= 15 is 0 Å². The third-order valence-corrected chi connectivity index (χ3v) is 3.52. The van der Waals surface area contributed by atoms with Crippen molar-refractivity contribution in [3.05, 3.63) is 0 Å². The molecule has 0 spiro atoms. The molecule has 1 amide bonds. The fourth-order valence-electron chi connectivity index (χ4n) is 2.51. The maximum absolute atomic E-state index is 11.5. The van der Waals surface area contributed by atoms with Crippen LogP contribution < -0.4 is 0 Å². The summed E-state index contributed by atoms with van der Waals surface area (Å²) in [5, 5.41) is 0. The average molecular weight is 223 g/mol. The van der Waals surface area contributed by atoms with E-state index in [1.54, 1.807) is 0 Å². The summed E-state index contributed by atoms with van der Waals surface area (Å²) in [4.78, 5) is 13.4. The summed E-state index contributed by atoms with van der Waals surface area (Å²) in [6.07, 6.45) is 3.66. The van der Waals surface area contributed by atoms with Gasteiger partial charge in [0.25, 0.3) is 0 Å². The Labute approximate surface area is 102 Å². The second kappa shape index (κ2) is 7.75. The molecule has 2 radical (unpaired) electrons. The standard InChI is InChI=1S/C11H20BNO.C2H6/c1-4-9(12)8-6-7-11(14)13(3)10(8)5-2;1-2/h8-10H,4-7H2,1-3H3;1-2H3. The van der Waals surface area contributed by atoms with Crippen molar-refractivity contribution in [1.29, 1.82) is 0 Å². The average Bonchev–Trinajstić information content (AvgIpc) is 2.34. The first kappa shape index (κ1) is 15.5. The summed E-state index contributed by atoms with van der Waals surface area (Å²) >= 11 is 0. The van der Waals surface area contributed by atoms with E-state index in [-0.39, 0.29) is 11.7 Å². The molecule has 3 atom stereocenters. The molecule has 1 aliphatic heterocycles. The fraction of sp³-hybridized carbons (Fsp3) is 0.923. The molecule has 0 saturated carbocycles. The van der Waals surface area contributed by atoms with Crippen LogP contribution in [0.4, 0.5) is 0 Å². The predicted octanol–water partition coefficient (Wildman–Crippen LogP) is 3.03. The number of amides is 1. The number of piperidine rings is 1. The SMILES string of the molecule is CC.[B]C(CC)C1CCC(=O)N(C)C1CC. The largest absolute Gasteiger partial charge is 0.343 e. The van der Waals surface area contributed by atoms with E-state index in [4.69, 9.17) is 7.85 Å². The Kier molecular flexibility index (Phi) is 7.53. The zero-order valence-corrected chi connectivity index (χ0v) is 11.5. The molecule has 1 saturated heterocycles. The lowest BCUT2D eigenvalue weighted by Gasteiger charge is -2.41. The summed E-state index contributed by atoms with van der Waals surface area (Å²) in [7, 11) is 7.99. The van der Waals surface area contributed by atoms with E-state index in [1.165, 1.54) is 0 Å². The van der Waals surface area contributed by atoms with Crippen LogP contribution in [-0.2, 0) is 4.79 Å². The lowest BCUT2D eigenvalue weighted by atomic mass is 9.67. The Morgan fingerprint density at radius 2 is 2.00 bits per heavy atom. The van der Waals surface area contributed by atoms with Gasteiger partial charge in [-0.1, -0.05) is 39.9 Å². The van der Waals surface area contributed by atoms with Crippen molar-refractivity contribution in [3.8, 4) is 0 Å². The van der Waals surface area contributed by atoms with Crippen LogP contribution >= 0.6 is 0 Å². The second-order valence-electron chi connectivity index (χ2n) is 4.25. The van der Waals surface area contributed by atoms with E-state index in [0.717, 1.165) is 19.3 Å². The summed E-state index contributed by atoms with van der Waals surface area (Å²) in [5.41, 5.74) is 0. The van der Waals surface area contributed by atoms with Gasteiger partial charge in [-0.2, -0.15) is 0 Å². The quantitative estimate of drug-likeness (QED) is 0.673. The van der Waals surface area contributed by atoms with Gasteiger partial charge < -0.3 is 4.90 Å². The van der Waals surface area contributed by atoms with Crippen molar-refractivity contribution in [3.63, 3.8) is 0 Å². The van der Waals surface area contributed by atoms with Crippen LogP contribution in [0.15, 0.2) is 0 Å². The highest BCUT2D eigenvalue weighted by Crippen LogP contribution is 2.34. The van der Waals surface area contributed by atoms with Crippen LogP contribution in [0.3, 0.4) is 0 Å². The normalized spacial score (nSPS) is 27.1. The number of rotatable bonds is 3. The van der Waals surface area contributed by atoms with Crippen LogP contribution in [0, 0.1) is 5.92 Å². The van der Waals surface area contributed by atoms with Crippen molar-refractivity contribution >= 4 is 13.8 Å². The van der Waals surface area contributed by atoms with Gasteiger partial charge in [-0.25, -0.2) is 0 Å². The van der Waals surface area contributed by atoms with Crippen molar-refractivity contribution in [2.75, 3.05) is 7.05 Å². The molecule has 1 fully saturated rings. The minimum atomic E-state index is 0.246. The Morgan fingerprint density at radius 1 is 1.44 bits per heavy atom. The van der Waals surface area contributed by atoms with E-state index in [2.05, 4.69) is 13.8 Å². The van der Waals surface area contributed by atoms with Gasteiger partial charge in [0, 0.05) is 19.5 Å². The Hall–Kier alpha value is -0.465. The first-order chi connectivity index (χ1) is 7.61. The summed E-state index contributed by atoms with van der Waals surface area (Å²) in [5.74, 6) is 1.01. The van der Waals surface area contributed by atoms with Gasteiger partial charge in [-0.15, -0.1) is 0 Å². The zero-order valence-electron chi connectivity index (χ0n) is 11.5. The number of carbonyl (C=O) groups is 1. The van der Waals surface area contributed by atoms with Crippen LogP contribution in [0.1, 0.15) is 53.4 Å². The third kappa shape index (κ3) is 3.53. The van der Waals surface area contributed by atoms with Gasteiger partial charge in [0.05, 0.1) is 7.85 Å². The Bertz CT molecular complexity index is 208. The molecule has 92 valence electrons. The Morgan fingerprint density at radius 3 is 2.44 bits per heavy atom. The monoisotopic (exact) mass is 223 g/mol. The lowest BCUT2D eigenvalue weighted by molar-refractivity contribution is -0.137. The van der Waals surface area contributed by atoms with Crippen molar-refractivity contribution in [2.24, 2.45) is 5.92 Å². The molecule has 16 heavy (non-hydrogen) atoms. The molecular weight excluding hydrogens is 197 g/mol. The molecule has 0 bridgehead atoms. The second-order valence-corrected chi connectivity index (χ2v) is 4.25. The van der Waals surface area contributed by atoms with E-state index in [1.807, 2.05) is 25.8 Å². The molecule has 0 aliphatic carbocycles. The third-order valence-electron chi connectivity index (χ3n) is 3.52. The minimum Gasteiger partial charge on any atom is -0.343 e. The summed E-state index contributed by atoms with van der Waals surface area (Å²) in [6.45, 7) is 8.25. The van der Waals surface area contributed by atoms with Crippen LogP contribution in [-0.4, -0.2) is 31.7 Å². The van der Waals surface area contributed by atoms with E-state index in [9.17, 15) is 4.79 Å². The van der Waals surface area contributed by atoms with Crippen molar-refractivity contribution < 1.29 is 4.79 Å². The molecule has 1 aliphatic rings. The fourth-order valence-corrected chi connectivity index (χ4v) is 2.51. The first-order valence-electron chi connectivity index (χ1n) is 6.63.